The number of hydrogen-bond acceptors (Lipinski definition) is 5. The van der Waals surface area contributed by atoms with Gasteiger partial charge in [-0.25, -0.2) is 9.78 Å². The third-order valence-corrected chi connectivity index (χ3v) is 4.62. The van der Waals surface area contributed by atoms with Gasteiger partial charge >= 0.3 is 12.3 Å². The number of amides is 1. The first-order valence-electron chi connectivity index (χ1n) is 8.80. The van der Waals surface area contributed by atoms with Crippen LogP contribution >= 0.6 is 11.6 Å². The van der Waals surface area contributed by atoms with Crippen LogP contribution in [0.2, 0.25) is 5.02 Å². The Bertz CT molecular complexity index is 907. The zero-order valence-electron chi connectivity index (χ0n) is 15.5. The average molecular weight is 427 g/mol. The predicted molar refractivity (Wildman–Crippen MR) is 104 cm³/mol. The highest BCUT2D eigenvalue weighted by atomic mass is 35.5. The zero-order chi connectivity index (χ0) is 21.0. The number of oxime groups is 1. The maximum atomic E-state index is 12.7. The summed E-state index contributed by atoms with van der Waals surface area (Å²) in [4.78, 5) is 22.3. The number of rotatable bonds is 3. The summed E-state index contributed by atoms with van der Waals surface area (Å²) < 4.78 is 38.2. The average Bonchev–Trinajstić information content (AvgIpc) is 2.68. The Morgan fingerprint density at radius 1 is 1.24 bits per heavy atom. The number of alkyl halides is 3. The summed E-state index contributed by atoms with van der Waals surface area (Å²) in [5, 5.41) is 6.38. The standard InChI is InChI=1S/C19H18ClF3N4O2/c1-12-2-4-14(5-3-12)25-18(28)29-26-15-6-8-27(9-7-15)17-16(20)10-13(11-24-17)19(21,22)23/h2-5,10-11H,6-9H2,1H3,(H,25,28). The molecule has 1 aromatic heterocycles. The van der Waals surface area contributed by atoms with Crippen LogP contribution in [0.15, 0.2) is 41.7 Å². The molecule has 2 aromatic rings. The molecule has 1 aliphatic heterocycles. The van der Waals surface area contributed by atoms with E-state index in [1.54, 1.807) is 17.0 Å². The number of piperidine rings is 1. The molecule has 29 heavy (non-hydrogen) atoms. The molecule has 1 N–H and O–H groups in total. The van der Waals surface area contributed by atoms with Gasteiger partial charge in [0.2, 0.25) is 0 Å². The fourth-order valence-corrected chi connectivity index (χ4v) is 3.06. The van der Waals surface area contributed by atoms with E-state index in [0.717, 1.165) is 17.8 Å². The van der Waals surface area contributed by atoms with Crippen LogP contribution in [0.25, 0.3) is 0 Å². The van der Waals surface area contributed by atoms with E-state index in [4.69, 9.17) is 16.4 Å². The van der Waals surface area contributed by atoms with E-state index < -0.39 is 17.8 Å². The summed E-state index contributed by atoms with van der Waals surface area (Å²) in [6, 6.07) is 8.09. The second-order valence-corrected chi connectivity index (χ2v) is 6.95. The van der Waals surface area contributed by atoms with E-state index in [9.17, 15) is 18.0 Å². The van der Waals surface area contributed by atoms with Crippen LogP contribution in [0.5, 0.6) is 0 Å². The minimum atomic E-state index is -4.49. The monoisotopic (exact) mass is 426 g/mol. The van der Waals surface area contributed by atoms with Crippen LogP contribution < -0.4 is 10.2 Å². The van der Waals surface area contributed by atoms with Crippen LogP contribution in [0.3, 0.4) is 0 Å². The van der Waals surface area contributed by atoms with Gasteiger partial charge in [0.25, 0.3) is 0 Å². The molecule has 0 aliphatic carbocycles. The molecule has 10 heteroatoms. The van der Waals surface area contributed by atoms with Crippen LogP contribution in [-0.2, 0) is 11.0 Å². The number of carbonyl (C=O) groups is 1. The third-order valence-electron chi connectivity index (χ3n) is 4.34. The molecule has 3 rings (SSSR count). The lowest BCUT2D eigenvalue weighted by Crippen LogP contribution is -2.35. The lowest BCUT2D eigenvalue weighted by atomic mass is 10.1. The summed E-state index contributed by atoms with van der Waals surface area (Å²) >= 11 is 5.98. The van der Waals surface area contributed by atoms with Gasteiger partial charge in [-0.2, -0.15) is 13.2 Å². The number of nitrogens with one attached hydrogen (secondary N) is 1. The maximum absolute atomic E-state index is 12.7. The molecule has 2 heterocycles. The Morgan fingerprint density at radius 3 is 2.48 bits per heavy atom. The summed E-state index contributed by atoms with van der Waals surface area (Å²) in [5.74, 6) is 0.289. The number of anilines is 2. The number of hydrogen-bond donors (Lipinski definition) is 1. The van der Waals surface area contributed by atoms with Crippen molar-refractivity contribution in [1.29, 1.82) is 0 Å². The van der Waals surface area contributed by atoms with E-state index in [1.165, 1.54) is 0 Å². The van der Waals surface area contributed by atoms with Gasteiger partial charge in [0.05, 0.1) is 16.3 Å². The van der Waals surface area contributed by atoms with E-state index in [-0.39, 0.29) is 10.8 Å². The van der Waals surface area contributed by atoms with Gasteiger partial charge in [-0.05, 0) is 25.1 Å². The Labute approximate surface area is 170 Å². The van der Waals surface area contributed by atoms with Crippen LogP contribution in [0, 0.1) is 6.92 Å². The van der Waals surface area contributed by atoms with Gasteiger partial charge in [-0.1, -0.05) is 34.5 Å². The predicted octanol–water partition coefficient (Wildman–Crippen LogP) is 5.27. The largest absolute Gasteiger partial charge is 0.437 e. The highest BCUT2D eigenvalue weighted by molar-refractivity contribution is 6.33. The molecule has 0 bridgehead atoms. The summed E-state index contributed by atoms with van der Waals surface area (Å²) in [6.07, 6.45) is -3.49. The van der Waals surface area contributed by atoms with Crippen molar-refractivity contribution in [2.24, 2.45) is 5.16 Å². The maximum Gasteiger partial charge on any atom is 0.437 e. The van der Waals surface area contributed by atoms with E-state index in [1.807, 2.05) is 19.1 Å². The van der Waals surface area contributed by atoms with Gasteiger partial charge in [-0.15, -0.1) is 0 Å². The van der Waals surface area contributed by atoms with E-state index in [0.29, 0.717) is 37.3 Å². The van der Waals surface area contributed by atoms with Crippen molar-refractivity contribution in [3.63, 3.8) is 0 Å². The SMILES string of the molecule is Cc1ccc(NC(=O)ON=C2CCN(c3ncc(C(F)(F)F)cc3Cl)CC2)cc1. The van der Waals surface area contributed by atoms with Crippen molar-refractivity contribution in [1.82, 2.24) is 4.98 Å². The topological polar surface area (TPSA) is 66.8 Å². The quantitative estimate of drug-likeness (QED) is 0.536. The first kappa shape index (κ1) is 20.9. The number of aryl methyl sites for hydroxylation is 1. The highest BCUT2D eigenvalue weighted by Crippen LogP contribution is 2.34. The fourth-order valence-electron chi connectivity index (χ4n) is 2.77. The Morgan fingerprint density at radius 2 is 1.90 bits per heavy atom. The highest BCUT2D eigenvalue weighted by Gasteiger charge is 2.32. The molecule has 0 saturated carbocycles. The number of benzene rings is 1. The number of pyridine rings is 1. The Kier molecular flexibility index (Phi) is 6.26. The molecule has 0 atom stereocenters. The van der Waals surface area contributed by atoms with Crippen LogP contribution in [0.1, 0.15) is 24.0 Å². The van der Waals surface area contributed by atoms with Gasteiger partial charge in [0, 0.05) is 37.8 Å². The van der Waals surface area contributed by atoms with Crippen molar-refractivity contribution in [2.45, 2.75) is 25.9 Å². The van der Waals surface area contributed by atoms with Gasteiger partial charge < -0.3 is 4.90 Å². The molecular weight excluding hydrogens is 409 g/mol. The molecule has 0 radical (unpaired) electrons. The molecule has 0 unspecified atom stereocenters. The van der Waals surface area contributed by atoms with Crippen LogP contribution in [-0.4, -0.2) is 29.9 Å². The summed E-state index contributed by atoms with van der Waals surface area (Å²) in [7, 11) is 0. The summed E-state index contributed by atoms with van der Waals surface area (Å²) in [6.45, 7) is 2.83. The molecule has 0 spiro atoms. The van der Waals surface area contributed by atoms with Crippen molar-refractivity contribution in [2.75, 3.05) is 23.3 Å². The first-order chi connectivity index (χ1) is 13.7. The number of aromatic nitrogens is 1. The molecule has 154 valence electrons. The van der Waals surface area contributed by atoms with Crippen molar-refractivity contribution >= 4 is 34.9 Å². The second kappa shape index (κ2) is 8.69. The molecule has 1 aliphatic rings. The van der Waals surface area contributed by atoms with Gasteiger partial charge in [0.1, 0.15) is 5.82 Å². The molecular formula is C19H18ClF3N4O2. The van der Waals surface area contributed by atoms with Gasteiger partial charge in [0.15, 0.2) is 0 Å². The minimum Gasteiger partial charge on any atom is -0.355 e. The Balaban J connectivity index is 1.53. The molecule has 1 aromatic carbocycles. The lowest BCUT2D eigenvalue weighted by molar-refractivity contribution is -0.137. The fraction of sp³-hybridized carbons (Fsp3) is 0.316. The second-order valence-electron chi connectivity index (χ2n) is 6.54. The summed E-state index contributed by atoms with van der Waals surface area (Å²) in [5.41, 5.74) is 1.44. The van der Waals surface area contributed by atoms with Crippen molar-refractivity contribution < 1.29 is 22.8 Å². The number of nitrogens with zero attached hydrogens (tertiary/aromatic N) is 3. The van der Waals surface area contributed by atoms with Crippen molar-refractivity contribution in [3.05, 3.63) is 52.7 Å². The Hall–Kier alpha value is -2.81. The lowest BCUT2D eigenvalue weighted by Gasteiger charge is -2.29. The first-order valence-corrected chi connectivity index (χ1v) is 9.18. The molecule has 6 nitrogen and oxygen atoms in total. The molecule has 1 saturated heterocycles. The number of halogens is 4. The molecule has 1 amide bonds. The van der Waals surface area contributed by atoms with Crippen LogP contribution in [0.4, 0.5) is 29.5 Å². The third kappa shape index (κ3) is 5.60. The van der Waals surface area contributed by atoms with E-state index >= 15 is 0 Å². The number of carbonyl (C=O) groups excluding carboxylic acids is 1. The van der Waals surface area contributed by atoms with E-state index in [2.05, 4.69) is 15.5 Å². The van der Waals surface area contributed by atoms with Gasteiger partial charge in [-0.3, -0.25) is 10.2 Å². The zero-order valence-corrected chi connectivity index (χ0v) is 16.2. The smallest absolute Gasteiger partial charge is 0.355 e. The normalized spacial score (nSPS) is 14.5. The molecule has 1 fully saturated rings. The van der Waals surface area contributed by atoms with Crippen molar-refractivity contribution in [3.8, 4) is 0 Å². The minimum absolute atomic E-state index is 0.0612.